The molecule has 206 valence electrons. The number of aromatic nitrogens is 1. The SMILES string of the molecule is COCCN(CC(=O)N(CCc1c[nH]c2ccccc12)Cc1ccc(OC)c(OC)c1)C(=O)Cc1cccs1. The van der Waals surface area contributed by atoms with Crippen molar-refractivity contribution in [3.8, 4) is 11.5 Å². The molecular weight excluding hydrogens is 514 g/mol. The van der Waals surface area contributed by atoms with Crippen molar-refractivity contribution in [3.63, 3.8) is 0 Å². The summed E-state index contributed by atoms with van der Waals surface area (Å²) in [5.41, 5.74) is 3.11. The molecule has 0 atom stereocenters. The van der Waals surface area contributed by atoms with Crippen LogP contribution in [0.1, 0.15) is 16.0 Å². The topological polar surface area (TPSA) is 84.1 Å². The maximum absolute atomic E-state index is 13.8. The standard InChI is InChI=1S/C30H35N3O5S/c1-36-15-14-33(29(34)18-24-7-6-16-39-24)21-30(35)32(20-22-10-11-27(37-2)28(17-22)38-3)13-12-23-19-31-26-9-5-4-8-25(23)26/h4-11,16-17,19,31H,12-15,18,20-21H2,1-3H3. The minimum Gasteiger partial charge on any atom is -0.493 e. The van der Waals surface area contributed by atoms with Crippen LogP contribution in [-0.4, -0.2) is 74.2 Å². The van der Waals surface area contributed by atoms with E-state index in [1.807, 2.05) is 60.1 Å². The summed E-state index contributed by atoms with van der Waals surface area (Å²) in [4.78, 5) is 34.6. The minimum absolute atomic E-state index is 0.0191. The number of rotatable bonds is 14. The summed E-state index contributed by atoms with van der Waals surface area (Å²) < 4.78 is 16.1. The Morgan fingerprint density at radius 3 is 2.46 bits per heavy atom. The molecular formula is C30H35N3O5S. The molecule has 0 aliphatic heterocycles. The van der Waals surface area contributed by atoms with Crippen LogP contribution in [0.5, 0.6) is 11.5 Å². The van der Waals surface area contributed by atoms with Gasteiger partial charge in [-0.25, -0.2) is 0 Å². The quantitative estimate of drug-likeness (QED) is 0.250. The molecule has 0 bridgehead atoms. The largest absolute Gasteiger partial charge is 0.493 e. The van der Waals surface area contributed by atoms with E-state index in [1.165, 1.54) is 11.3 Å². The van der Waals surface area contributed by atoms with Gasteiger partial charge in [0, 0.05) is 48.7 Å². The number of hydrogen-bond donors (Lipinski definition) is 1. The second-order valence-electron chi connectivity index (χ2n) is 9.18. The molecule has 8 nitrogen and oxygen atoms in total. The van der Waals surface area contributed by atoms with Gasteiger partial charge in [-0.3, -0.25) is 9.59 Å². The number of hydrogen-bond acceptors (Lipinski definition) is 6. The number of fused-ring (bicyclic) bond motifs is 1. The van der Waals surface area contributed by atoms with Crippen molar-refractivity contribution < 1.29 is 23.8 Å². The van der Waals surface area contributed by atoms with E-state index in [0.717, 1.165) is 26.9 Å². The van der Waals surface area contributed by atoms with Gasteiger partial charge in [-0.15, -0.1) is 11.3 Å². The van der Waals surface area contributed by atoms with Gasteiger partial charge in [0.25, 0.3) is 0 Å². The van der Waals surface area contributed by atoms with Crippen LogP contribution in [0.25, 0.3) is 10.9 Å². The number of H-pyrrole nitrogens is 1. The molecule has 2 aromatic carbocycles. The van der Waals surface area contributed by atoms with Gasteiger partial charge in [0.15, 0.2) is 11.5 Å². The van der Waals surface area contributed by atoms with Gasteiger partial charge in [0.1, 0.15) is 0 Å². The van der Waals surface area contributed by atoms with Crippen molar-refractivity contribution in [2.45, 2.75) is 19.4 Å². The van der Waals surface area contributed by atoms with E-state index in [9.17, 15) is 9.59 Å². The molecule has 0 radical (unpaired) electrons. The maximum Gasteiger partial charge on any atom is 0.242 e. The Morgan fingerprint density at radius 2 is 1.72 bits per heavy atom. The number of nitrogens with one attached hydrogen (secondary N) is 1. The van der Waals surface area contributed by atoms with Crippen LogP contribution in [0.4, 0.5) is 0 Å². The van der Waals surface area contributed by atoms with E-state index in [1.54, 1.807) is 31.1 Å². The lowest BCUT2D eigenvalue weighted by Crippen LogP contribution is -2.45. The number of nitrogens with zero attached hydrogens (tertiary/aromatic N) is 2. The summed E-state index contributed by atoms with van der Waals surface area (Å²) in [6.45, 7) is 1.55. The molecule has 2 heterocycles. The molecule has 39 heavy (non-hydrogen) atoms. The number of para-hydroxylation sites is 1. The van der Waals surface area contributed by atoms with E-state index in [-0.39, 0.29) is 24.8 Å². The highest BCUT2D eigenvalue weighted by molar-refractivity contribution is 7.10. The summed E-state index contributed by atoms with van der Waals surface area (Å²) in [7, 11) is 4.78. The average molecular weight is 550 g/mol. The van der Waals surface area contributed by atoms with E-state index in [4.69, 9.17) is 14.2 Å². The third-order valence-corrected chi connectivity index (χ3v) is 7.53. The Labute approximate surface area is 233 Å². The first kappa shape index (κ1) is 28.2. The average Bonchev–Trinajstić information content (AvgIpc) is 3.62. The van der Waals surface area contributed by atoms with Crippen molar-refractivity contribution in [1.82, 2.24) is 14.8 Å². The molecule has 2 amide bonds. The van der Waals surface area contributed by atoms with E-state index < -0.39 is 0 Å². The maximum atomic E-state index is 13.8. The van der Waals surface area contributed by atoms with Gasteiger partial charge < -0.3 is 29.0 Å². The monoisotopic (exact) mass is 549 g/mol. The highest BCUT2D eigenvalue weighted by Gasteiger charge is 2.23. The molecule has 0 unspecified atom stereocenters. The van der Waals surface area contributed by atoms with Crippen molar-refractivity contribution >= 4 is 34.1 Å². The summed E-state index contributed by atoms with van der Waals surface area (Å²) in [6, 6.07) is 17.6. The molecule has 0 spiro atoms. The number of ether oxygens (including phenoxy) is 3. The first-order valence-corrected chi connectivity index (χ1v) is 13.7. The lowest BCUT2D eigenvalue weighted by atomic mass is 10.1. The van der Waals surface area contributed by atoms with Crippen LogP contribution in [0.2, 0.25) is 0 Å². The number of benzene rings is 2. The lowest BCUT2D eigenvalue weighted by Gasteiger charge is -2.28. The Morgan fingerprint density at radius 1 is 0.897 bits per heavy atom. The Hall–Kier alpha value is -3.82. The zero-order valence-corrected chi connectivity index (χ0v) is 23.5. The van der Waals surface area contributed by atoms with Crippen molar-refractivity contribution in [2.75, 3.05) is 47.6 Å². The summed E-state index contributed by atoms with van der Waals surface area (Å²) in [5.74, 6) is 1.01. The predicted molar refractivity (Wildman–Crippen MR) is 153 cm³/mol. The van der Waals surface area contributed by atoms with Crippen LogP contribution in [0, 0.1) is 0 Å². The molecule has 0 aliphatic carbocycles. The van der Waals surface area contributed by atoms with E-state index in [2.05, 4.69) is 11.1 Å². The van der Waals surface area contributed by atoms with Gasteiger partial charge in [-0.1, -0.05) is 30.3 Å². The number of methoxy groups -OCH3 is 3. The van der Waals surface area contributed by atoms with Crippen molar-refractivity contribution in [1.29, 1.82) is 0 Å². The zero-order chi connectivity index (χ0) is 27.6. The van der Waals surface area contributed by atoms with Gasteiger partial charge in [0.05, 0.1) is 33.8 Å². The fraction of sp³-hybridized carbons (Fsp3) is 0.333. The van der Waals surface area contributed by atoms with Crippen LogP contribution in [-0.2, 0) is 33.7 Å². The molecule has 0 saturated carbocycles. The lowest BCUT2D eigenvalue weighted by molar-refractivity contribution is -0.141. The first-order chi connectivity index (χ1) is 19.0. The molecule has 1 N–H and O–H groups in total. The number of thiophene rings is 1. The highest BCUT2D eigenvalue weighted by Crippen LogP contribution is 2.28. The molecule has 0 saturated heterocycles. The molecule has 2 aromatic heterocycles. The van der Waals surface area contributed by atoms with Crippen LogP contribution < -0.4 is 9.47 Å². The molecule has 0 fully saturated rings. The first-order valence-electron chi connectivity index (χ1n) is 12.8. The fourth-order valence-corrected chi connectivity index (χ4v) is 5.21. The third kappa shape index (κ3) is 7.40. The Balaban J connectivity index is 1.54. The Kier molecular flexibility index (Phi) is 9.99. The second-order valence-corrected chi connectivity index (χ2v) is 10.2. The van der Waals surface area contributed by atoms with Crippen molar-refractivity contribution in [2.24, 2.45) is 0 Å². The normalized spacial score (nSPS) is 10.9. The summed E-state index contributed by atoms with van der Waals surface area (Å²) in [5, 5.41) is 3.09. The highest BCUT2D eigenvalue weighted by atomic mass is 32.1. The van der Waals surface area contributed by atoms with Gasteiger partial charge in [-0.2, -0.15) is 0 Å². The fourth-order valence-electron chi connectivity index (χ4n) is 4.52. The molecule has 4 aromatic rings. The third-order valence-electron chi connectivity index (χ3n) is 6.65. The number of carbonyl (C=O) groups is 2. The van der Waals surface area contributed by atoms with E-state index >= 15 is 0 Å². The van der Waals surface area contributed by atoms with Crippen LogP contribution in [0.15, 0.2) is 66.2 Å². The summed E-state index contributed by atoms with van der Waals surface area (Å²) >= 11 is 1.53. The van der Waals surface area contributed by atoms with Crippen LogP contribution >= 0.6 is 11.3 Å². The Bertz CT molecular complexity index is 1370. The number of amides is 2. The molecule has 0 aliphatic rings. The smallest absolute Gasteiger partial charge is 0.242 e. The minimum atomic E-state index is -0.125. The molecule has 4 rings (SSSR count). The van der Waals surface area contributed by atoms with Crippen LogP contribution in [0.3, 0.4) is 0 Å². The van der Waals surface area contributed by atoms with Gasteiger partial charge in [-0.05, 0) is 47.2 Å². The number of carbonyl (C=O) groups excluding carboxylic acids is 2. The van der Waals surface area contributed by atoms with Gasteiger partial charge >= 0.3 is 0 Å². The number of aromatic amines is 1. The van der Waals surface area contributed by atoms with E-state index in [0.29, 0.717) is 44.2 Å². The second kappa shape index (κ2) is 13.8. The predicted octanol–water partition coefficient (Wildman–Crippen LogP) is 4.54. The summed E-state index contributed by atoms with van der Waals surface area (Å²) in [6.07, 6.45) is 2.93. The zero-order valence-electron chi connectivity index (χ0n) is 22.6. The van der Waals surface area contributed by atoms with Crippen molar-refractivity contribution in [3.05, 3.63) is 82.2 Å². The molecule has 9 heteroatoms. The van der Waals surface area contributed by atoms with Gasteiger partial charge in [0.2, 0.25) is 11.8 Å².